The molecular weight excluding hydrogens is 392 g/mol. The lowest BCUT2D eigenvalue weighted by Gasteiger charge is -2.11. The van der Waals surface area contributed by atoms with Gasteiger partial charge in [0.15, 0.2) is 0 Å². The molecule has 1 saturated carbocycles. The van der Waals surface area contributed by atoms with E-state index in [1.807, 2.05) is 43.1 Å². The quantitative estimate of drug-likeness (QED) is 0.462. The lowest BCUT2D eigenvalue weighted by Crippen LogP contribution is -2.22. The minimum absolute atomic E-state index is 0.407. The van der Waals surface area contributed by atoms with E-state index in [0.29, 0.717) is 25.5 Å². The van der Waals surface area contributed by atoms with Crippen LogP contribution in [0.15, 0.2) is 42.7 Å². The van der Waals surface area contributed by atoms with Crippen molar-refractivity contribution < 1.29 is 9.90 Å². The molecule has 1 aliphatic rings. The number of hydrogen-bond acceptors (Lipinski definition) is 5. The van der Waals surface area contributed by atoms with E-state index in [1.54, 1.807) is 6.20 Å². The van der Waals surface area contributed by atoms with Crippen LogP contribution >= 0.6 is 0 Å². The van der Waals surface area contributed by atoms with Gasteiger partial charge in [0.2, 0.25) is 5.95 Å². The van der Waals surface area contributed by atoms with Crippen LogP contribution in [-0.4, -0.2) is 51.3 Å². The van der Waals surface area contributed by atoms with Gasteiger partial charge in [0, 0.05) is 43.1 Å². The minimum Gasteiger partial charge on any atom is -0.465 e. The average molecular weight is 425 g/mol. The van der Waals surface area contributed by atoms with E-state index in [9.17, 15) is 4.79 Å². The molecule has 1 amide bonds. The highest BCUT2D eigenvalue weighted by molar-refractivity contribution is 5.76. The molecule has 8 heteroatoms. The summed E-state index contributed by atoms with van der Waals surface area (Å²) in [6, 6.07) is 10.2. The Labute approximate surface area is 183 Å². The summed E-state index contributed by atoms with van der Waals surface area (Å²) >= 11 is 0. The fourth-order valence-electron chi connectivity index (χ4n) is 3.09. The van der Waals surface area contributed by atoms with Crippen molar-refractivity contribution in [3.05, 3.63) is 48.3 Å². The van der Waals surface area contributed by atoms with Crippen LogP contribution < -0.4 is 10.6 Å². The van der Waals surface area contributed by atoms with Gasteiger partial charge in [-0.25, -0.2) is 9.78 Å². The summed E-state index contributed by atoms with van der Waals surface area (Å²) in [5, 5.41) is 15.2. The van der Waals surface area contributed by atoms with Gasteiger partial charge in [-0.15, -0.1) is 0 Å². The predicted octanol–water partition coefficient (Wildman–Crippen LogP) is 4.45. The summed E-state index contributed by atoms with van der Waals surface area (Å²) in [6.07, 6.45) is 9.42. The van der Waals surface area contributed by atoms with Crippen LogP contribution in [0, 0.1) is 0 Å². The second-order valence-corrected chi connectivity index (χ2v) is 8.04. The molecule has 2 aromatic heterocycles. The molecular formula is C23H32N6O2. The molecule has 0 radical (unpaired) electrons. The molecule has 1 fully saturated rings. The number of amides is 1. The summed E-state index contributed by atoms with van der Waals surface area (Å²) in [5.41, 5.74) is 3.00. The molecule has 0 bridgehead atoms. The number of rotatable bonds is 8. The van der Waals surface area contributed by atoms with Crippen molar-refractivity contribution in [3.8, 4) is 0 Å². The molecule has 2 heterocycles. The van der Waals surface area contributed by atoms with Crippen LogP contribution in [0.5, 0.6) is 0 Å². The van der Waals surface area contributed by atoms with E-state index in [4.69, 9.17) is 5.11 Å². The lowest BCUT2D eigenvalue weighted by molar-refractivity contribution is 0.194. The molecule has 8 nitrogen and oxygen atoms in total. The number of nitrogens with one attached hydrogen (secondary N) is 2. The third-order valence-corrected chi connectivity index (χ3v) is 5.06. The molecule has 0 aliphatic heterocycles. The molecule has 0 unspecified atom stereocenters. The monoisotopic (exact) mass is 424 g/mol. The van der Waals surface area contributed by atoms with Gasteiger partial charge in [-0.05, 0) is 44.3 Å². The van der Waals surface area contributed by atoms with Crippen molar-refractivity contribution in [3.63, 3.8) is 0 Å². The third-order valence-electron chi connectivity index (χ3n) is 5.06. The first-order valence-electron chi connectivity index (χ1n) is 10.8. The summed E-state index contributed by atoms with van der Waals surface area (Å²) < 4.78 is 2.01. The largest absolute Gasteiger partial charge is 0.465 e. The number of hydrogen-bond donors (Lipinski definition) is 3. The molecule has 0 saturated heterocycles. The maximum atomic E-state index is 10.5. The first-order valence-corrected chi connectivity index (χ1v) is 10.8. The van der Waals surface area contributed by atoms with Crippen molar-refractivity contribution in [2.75, 3.05) is 26.0 Å². The summed E-state index contributed by atoms with van der Waals surface area (Å²) in [7, 11) is 4.09. The van der Waals surface area contributed by atoms with Crippen LogP contribution in [-0.2, 0) is 13.1 Å². The van der Waals surface area contributed by atoms with Crippen molar-refractivity contribution >= 4 is 28.8 Å². The summed E-state index contributed by atoms with van der Waals surface area (Å²) in [4.78, 5) is 21.6. The standard InChI is InChI=1S/C19H24N6O2.C4H8/c1-24(2)13-14-4-6-16(7-5-14)22-18-21-12-15-8-11-25(17(15)23-18)10-3-9-20-19(26)27;1-2-4-3-1/h4-8,11-12,20H,3,9-10,13H2,1-2H3,(H,26,27)(H,21,22,23);1-4H2. The average Bonchev–Trinajstić information content (AvgIpc) is 3.07. The molecule has 4 rings (SSSR count). The van der Waals surface area contributed by atoms with Gasteiger partial charge >= 0.3 is 6.09 Å². The van der Waals surface area contributed by atoms with E-state index in [0.717, 1.165) is 23.3 Å². The smallest absolute Gasteiger partial charge is 0.404 e. The van der Waals surface area contributed by atoms with Crippen LogP contribution in [0.4, 0.5) is 16.4 Å². The maximum Gasteiger partial charge on any atom is 0.404 e. The van der Waals surface area contributed by atoms with Crippen LogP contribution in [0.25, 0.3) is 11.0 Å². The number of aromatic nitrogens is 3. The fraction of sp³-hybridized carbons (Fsp3) is 0.435. The highest BCUT2D eigenvalue weighted by Gasteiger charge is 2.06. The normalized spacial score (nSPS) is 12.7. The molecule has 3 aromatic rings. The van der Waals surface area contributed by atoms with E-state index in [-0.39, 0.29) is 0 Å². The number of anilines is 2. The highest BCUT2D eigenvalue weighted by atomic mass is 16.4. The highest BCUT2D eigenvalue weighted by Crippen LogP contribution is 2.19. The Bertz CT molecular complexity index is 960. The van der Waals surface area contributed by atoms with Crippen LogP contribution in [0.2, 0.25) is 0 Å². The first-order chi connectivity index (χ1) is 15.0. The Kier molecular flexibility index (Phi) is 8.23. The Hall–Kier alpha value is -3.13. The summed E-state index contributed by atoms with van der Waals surface area (Å²) in [5.74, 6) is 0.534. The topological polar surface area (TPSA) is 95.3 Å². The maximum absolute atomic E-state index is 10.5. The summed E-state index contributed by atoms with van der Waals surface area (Å²) in [6.45, 7) is 1.98. The number of carbonyl (C=O) groups is 1. The van der Waals surface area contributed by atoms with Crippen molar-refractivity contribution in [2.45, 2.75) is 45.2 Å². The Morgan fingerprint density at radius 2 is 1.84 bits per heavy atom. The van der Waals surface area contributed by atoms with E-state index < -0.39 is 6.09 Å². The number of nitrogens with zero attached hydrogens (tertiary/aromatic N) is 4. The Balaban J connectivity index is 0.000000610. The molecule has 1 aromatic carbocycles. The minimum atomic E-state index is -1.00. The molecule has 1 aliphatic carbocycles. The van der Waals surface area contributed by atoms with Crippen molar-refractivity contribution in [1.82, 2.24) is 24.8 Å². The van der Waals surface area contributed by atoms with Crippen LogP contribution in [0.3, 0.4) is 0 Å². The van der Waals surface area contributed by atoms with E-state index in [1.165, 1.54) is 31.2 Å². The zero-order chi connectivity index (χ0) is 22.1. The molecule has 0 spiro atoms. The number of fused-ring (bicyclic) bond motifs is 1. The molecule has 0 atom stereocenters. The SMILES string of the molecule is C1CCC1.CN(C)Cc1ccc(Nc2ncc3ccn(CCCNC(=O)O)c3n2)cc1. The fourth-order valence-corrected chi connectivity index (χ4v) is 3.09. The zero-order valence-corrected chi connectivity index (χ0v) is 18.3. The Morgan fingerprint density at radius 1 is 1.13 bits per heavy atom. The molecule has 31 heavy (non-hydrogen) atoms. The van der Waals surface area contributed by atoms with Crippen LogP contribution in [0.1, 0.15) is 37.7 Å². The van der Waals surface area contributed by atoms with E-state index >= 15 is 0 Å². The number of carboxylic acid groups (broad SMARTS) is 1. The molecule has 3 N–H and O–H groups in total. The van der Waals surface area contributed by atoms with E-state index in [2.05, 4.69) is 37.6 Å². The van der Waals surface area contributed by atoms with Crippen molar-refractivity contribution in [1.29, 1.82) is 0 Å². The first kappa shape index (κ1) is 22.6. The second-order valence-electron chi connectivity index (χ2n) is 8.04. The van der Waals surface area contributed by atoms with Gasteiger partial charge in [0.1, 0.15) is 5.65 Å². The zero-order valence-electron chi connectivity index (χ0n) is 18.3. The number of aryl methyl sites for hydroxylation is 1. The molecule has 166 valence electrons. The van der Waals surface area contributed by atoms with Gasteiger partial charge in [-0.1, -0.05) is 37.8 Å². The van der Waals surface area contributed by atoms with Gasteiger partial charge in [0.05, 0.1) is 0 Å². The third kappa shape index (κ3) is 7.25. The predicted molar refractivity (Wildman–Crippen MR) is 124 cm³/mol. The van der Waals surface area contributed by atoms with Gasteiger partial charge in [0.25, 0.3) is 0 Å². The van der Waals surface area contributed by atoms with Gasteiger partial charge < -0.3 is 25.2 Å². The Morgan fingerprint density at radius 3 is 2.45 bits per heavy atom. The van der Waals surface area contributed by atoms with Gasteiger partial charge in [-0.3, -0.25) is 0 Å². The second kappa shape index (κ2) is 11.3. The lowest BCUT2D eigenvalue weighted by atomic mass is 10.0. The van der Waals surface area contributed by atoms with Gasteiger partial charge in [-0.2, -0.15) is 4.98 Å². The van der Waals surface area contributed by atoms with Crippen molar-refractivity contribution in [2.24, 2.45) is 0 Å². The number of benzene rings is 1.